The molecule has 0 saturated heterocycles. The van der Waals surface area contributed by atoms with E-state index in [0.717, 1.165) is 12.2 Å². The lowest BCUT2D eigenvalue weighted by atomic mass is 9.87. The number of hydrogen-bond acceptors (Lipinski definition) is 3. The van der Waals surface area contributed by atoms with Crippen LogP contribution in [0.3, 0.4) is 0 Å². The van der Waals surface area contributed by atoms with E-state index in [1.807, 2.05) is 12.1 Å². The van der Waals surface area contributed by atoms with Crippen LogP contribution in [0.15, 0.2) is 47.1 Å². The minimum Gasteiger partial charge on any atom is -0.468 e. The lowest BCUT2D eigenvalue weighted by molar-refractivity contribution is 0.148. The molecule has 1 aliphatic carbocycles. The Kier molecular flexibility index (Phi) is 4.19. The lowest BCUT2D eigenvalue weighted by Gasteiger charge is -2.29. The first-order valence-electron chi connectivity index (χ1n) is 7.24. The summed E-state index contributed by atoms with van der Waals surface area (Å²) in [4.78, 5) is 0. The zero-order chi connectivity index (χ0) is 13.8. The van der Waals surface area contributed by atoms with E-state index in [2.05, 4.69) is 29.6 Å². The number of rotatable bonds is 5. The summed E-state index contributed by atoms with van der Waals surface area (Å²) in [5.74, 6) is 0.940. The van der Waals surface area contributed by atoms with Crippen LogP contribution in [0.25, 0.3) is 0 Å². The van der Waals surface area contributed by atoms with E-state index in [0.29, 0.717) is 12.6 Å². The molecule has 0 bridgehead atoms. The molecule has 3 nitrogen and oxygen atoms in total. The first-order valence-corrected chi connectivity index (χ1v) is 7.24. The Balaban J connectivity index is 1.79. The molecule has 0 spiro atoms. The number of ether oxygens (including phenoxy) is 1. The number of methoxy groups -OCH3 is 1. The van der Waals surface area contributed by atoms with Crippen molar-refractivity contribution in [2.24, 2.45) is 0 Å². The number of fused-ring (bicyclic) bond motifs is 1. The molecule has 2 atom stereocenters. The summed E-state index contributed by atoms with van der Waals surface area (Å²) in [6.07, 6.45) is 5.29. The third-order valence-electron chi connectivity index (χ3n) is 3.99. The summed E-state index contributed by atoms with van der Waals surface area (Å²) in [5, 5.41) is 3.70. The molecule has 2 aromatic rings. The fourth-order valence-electron chi connectivity index (χ4n) is 3.04. The molecule has 0 radical (unpaired) electrons. The van der Waals surface area contributed by atoms with Gasteiger partial charge in [-0.25, -0.2) is 0 Å². The summed E-state index contributed by atoms with van der Waals surface area (Å²) in [6.45, 7) is 0.617. The van der Waals surface area contributed by atoms with Crippen LogP contribution >= 0.6 is 0 Å². The molecular weight excluding hydrogens is 250 g/mol. The molecule has 0 fully saturated rings. The Labute approximate surface area is 119 Å². The van der Waals surface area contributed by atoms with Gasteiger partial charge in [-0.15, -0.1) is 0 Å². The molecule has 1 N–H and O–H groups in total. The van der Waals surface area contributed by atoms with Gasteiger partial charge in [-0.05, 0) is 42.5 Å². The molecule has 0 saturated carbocycles. The van der Waals surface area contributed by atoms with Crippen LogP contribution in [0.5, 0.6) is 0 Å². The maximum Gasteiger partial charge on any atom is 0.123 e. The Morgan fingerprint density at radius 3 is 3.00 bits per heavy atom. The molecule has 3 heteroatoms. The third-order valence-corrected chi connectivity index (χ3v) is 3.99. The fourth-order valence-corrected chi connectivity index (χ4v) is 3.04. The van der Waals surface area contributed by atoms with Crippen molar-refractivity contribution in [1.29, 1.82) is 0 Å². The summed E-state index contributed by atoms with van der Waals surface area (Å²) in [5.41, 5.74) is 2.89. The maximum atomic E-state index is 5.54. The molecule has 3 rings (SSSR count). The molecule has 0 amide bonds. The van der Waals surface area contributed by atoms with E-state index < -0.39 is 0 Å². The number of hydrogen-bond donors (Lipinski definition) is 1. The van der Waals surface area contributed by atoms with Gasteiger partial charge in [0.15, 0.2) is 0 Å². The number of aryl methyl sites for hydroxylation is 1. The number of nitrogens with one attached hydrogen (secondary N) is 1. The van der Waals surface area contributed by atoms with Crippen molar-refractivity contribution >= 4 is 0 Å². The molecule has 0 aliphatic heterocycles. The van der Waals surface area contributed by atoms with Crippen LogP contribution < -0.4 is 5.32 Å². The quantitative estimate of drug-likeness (QED) is 0.901. The van der Waals surface area contributed by atoms with E-state index in [9.17, 15) is 0 Å². The van der Waals surface area contributed by atoms with Gasteiger partial charge in [-0.2, -0.15) is 0 Å². The summed E-state index contributed by atoms with van der Waals surface area (Å²) < 4.78 is 10.9. The number of furan rings is 1. The SMILES string of the molecule is COC[C@@H](N[C@@H]1CCCc2ccccc21)c1ccco1. The van der Waals surface area contributed by atoms with Crippen LogP contribution in [-0.4, -0.2) is 13.7 Å². The second-order valence-electron chi connectivity index (χ2n) is 5.33. The minimum atomic E-state index is 0.103. The number of benzene rings is 1. The zero-order valence-corrected chi connectivity index (χ0v) is 11.8. The molecule has 20 heavy (non-hydrogen) atoms. The summed E-state index contributed by atoms with van der Waals surface area (Å²) in [7, 11) is 1.73. The van der Waals surface area contributed by atoms with Crippen LogP contribution in [0.4, 0.5) is 0 Å². The highest BCUT2D eigenvalue weighted by molar-refractivity contribution is 5.32. The smallest absolute Gasteiger partial charge is 0.123 e. The maximum absolute atomic E-state index is 5.54. The molecular formula is C17H21NO2. The van der Waals surface area contributed by atoms with Gasteiger partial charge >= 0.3 is 0 Å². The summed E-state index contributed by atoms with van der Waals surface area (Å²) in [6, 6.07) is 13.1. The van der Waals surface area contributed by atoms with Crippen molar-refractivity contribution in [1.82, 2.24) is 5.32 Å². The van der Waals surface area contributed by atoms with Crippen LogP contribution in [0.1, 0.15) is 41.8 Å². The predicted molar refractivity (Wildman–Crippen MR) is 78.6 cm³/mol. The van der Waals surface area contributed by atoms with Crippen LogP contribution in [0.2, 0.25) is 0 Å². The predicted octanol–water partition coefficient (Wildman–Crippen LogP) is 3.63. The highest BCUT2D eigenvalue weighted by Crippen LogP contribution is 2.31. The van der Waals surface area contributed by atoms with Gasteiger partial charge in [0.05, 0.1) is 18.9 Å². The first-order chi connectivity index (χ1) is 9.88. The lowest BCUT2D eigenvalue weighted by Crippen LogP contribution is -2.31. The van der Waals surface area contributed by atoms with E-state index in [-0.39, 0.29) is 6.04 Å². The topological polar surface area (TPSA) is 34.4 Å². The van der Waals surface area contributed by atoms with Gasteiger partial charge in [0.1, 0.15) is 5.76 Å². The largest absolute Gasteiger partial charge is 0.468 e. The summed E-state index contributed by atoms with van der Waals surface area (Å²) >= 11 is 0. The minimum absolute atomic E-state index is 0.103. The average molecular weight is 271 g/mol. The van der Waals surface area contributed by atoms with Gasteiger partial charge in [0, 0.05) is 13.2 Å². The Morgan fingerprint density at radius 1 is 1.30 bits per heavy atom. The third kappa shape index (κ3) is 2.79. The second kappa shape index (κ2) is 6.25. The molecule has 1 aromatic heterocycles. The average Bonchev–Trinajstić information content (AvgIpc) is 3.01. The van der Waals surface area contributed by atoms with Gasteiger partial charge in [0.25, 0.3) is 0 Å². The van der Waals surface area contributed by atoms with Gasteiger partial charge in [-0.1, -0.05) is 24.3 Å². The molecule has 106 valence electrons. The van der Waals surface area contributed by atoms with Crippen LogP contribution in [-0.2, 0) is 11.2 Å². The highest BCUT2D eigenvalue weighted by atomic mass is 16.5. The molecule has 1 aliphatic rings. The van der Waals surface area contributed by atoms with E-state index in [1.54, 1.807) is 13.4 Å². The molecule has 1 heterocycles. The van der Waals surface area contributed by atoms with Crippen molar-refractivity contribution in [3.05, 3.63) is 59.5 Å². The molecule has 0 unspecified atom stereocenters. The van der Waals surface area contributed by atoms with Gasteiger partial charge in [0.2, 0.25) is 0 Å². The van der Waals surface area contributed by atoms with Crippen molar-refractivity contribution in [2.45, 2.75) is 31.3 Å². The van der Waals surface area contributed by atoms with Crippen molar-refractivity contribution in [3.8, 4) is 0 Å². The van der Waals surface area contributed by atoms with E-state index in [1.165, 1.54) is 24.0 Å². The molecule has 1 aromatic carbocycles. The van der Waals surface area contributed by atoms with Gasteiger partial charge < -0.3 is 9.15 Å². The standard InChI is InChI=1S/C17H21NO2/c1-19-12-16(17-10-5-11-20-17)18-15-9-4-7-13-6-2-3-8-14(13)15/h2-3,5-6,8,10-11,15-16,18H,4,7,9,12H2,1H3/t15-,16-/m1/s1. The monoisotopic (exact) mass is 271 g/mol. The Morgan fingerprint density at radius 2 is 2.20 bits per heavy atom. The van der Waals surface area contributed by atoms with Crippen molar-refractivity contribution in [3.63, 3.8) is 0 Å². The second-order valence-corrected chi connectivity index (χ2v) is 5.33. The Hall–Kier alpha value is -1.58. The Bertz CT molecular complexity index is 536. The van der Waals surface area contributed by atoms with E-state index in [4.69, 9.17) is 9.15 Å². The van der Waals surface area contributed by atoms with Crippen molar-refractivity contribution in [2.75, 3.05) is 13.7 Å². The van der Waals surface area contributed by atoms with Gasteiger partial charge in [-0.3, -0.25) is 5.32 Å². The van der Waals surface area contributed by atoms with E-state index >= 15 is 0 Å². The van der Waals surface area contributed by atoms with Crippen LogP contribution in [0, 0.1) is 0 Å². The normalized spacial score (nSPS) is 19.6. The van der Waals surface area contributed by atoms with Crippen molar-refractivity contribution < 1.29 is 9.15 Å². The zero-order valence-electron chi connectivity index (χ0n) is 11.8. The highest BCUT2D eigenvalue weighted by Gasteiger charge is 2.24. The first kappa shape index (κ1) is 13.4. The fraction of sp³-hybridized carbons (Fsp3) is 0.412.